The lowest BCUT2D eigenvalue weighted by atomic mass is 10.1. The van der Waals surface area contributed by atoms with Crippen molar-refractivity contribution in [2.45, 2.75) is 25.9 Å². The van der Waals surface area contributed by atoms with Gasteiger partial charge < -0.3 is 5.73 Å². The summed E-state index contributed by atoms with van der Waals surface area (Å²) < 4.78 is 28.6. The number of hydrogen-bond acceptors (Lipinski definition) is 4. The van der Waals surface area contributed by atoms with Gasteiger partial charge in [-0.15, -0.1) is 11.3 Å². The van der Waals surface area contributed by atoms with Crippen LogP contribution in [0.3, 0.4) is 0 Å². The van der Waals surface area contributed by atoms with Crippen molar-refractivity contribution < 1.29 is 8.78 Å². The minimum atomic E-state index is -2.86. The van der Waals surface area contributed by atoms with Gasteiger partial charge in [-0.25, -0.2) is 13.8 Å². The number of nitrogens with zero attached hydrogens (tertiary/aromatic N) is 3. The maximum atomic E-state index is 13.4. The van der Waals surface area contributed by atoms with Crippen LogP contribution in [0.5, 0.6) is 0 Å². The average molecular weight is 334 g/mol. The first-order valence-electron chi connectivity index (χ1n) is 7.10. The van der Waals surface area contributed by atoms with E-state index in [0.717, 1.165) is 17.5 Å². The smallest absolute Gasteiger partial charge is 0.270 e. The van der Waals surface area contributed by atoms with E-state index in [1.54, 1.807) is 23.0 Å². The molecule has 0 fully saturated rings. The van der Waals surface area contributed by atoms with Crippen LogP contribution in [-0.4, -0.2) is 14.8 Å². The first kappa shape index (κ1) is 15.8. The van der Waals surface area contributed by atoms with Crippen LogP contribution in [0.4, 0.5) is 8.78 Å². The fourth-order valence-electron chi connectivity index (χ4n) is 2.20. The molecule has 1 aromatic carbocycles. The third-order valence-corrected chi connectivity index (χ3v) is 4.27. The van der Waals surface area contributed by atoms with Crippen molar-refractivity contribution in [3.05, 3.63) is 58.2 Å². The summed E-state index contributed by atoms with van der Waals surface area (Å²) in [5, 5.41) is 6.95. The monoisotopic (exact) mass is 334 g/mol. The largest absolute Gasteiger partial charge is 0.326 e. The summed E-state index contributed by atoms with van der Waals surface area (Å²) >= 11 is 1.48. The molecule has 2 aromatic heterocycles. The summed E-state index contributed by atoms with van der Waals surface area (Å²) in [6.45, 7) is 1.88. The second-order valence-corrected chi connectivity index (χ2v) is 6.29. The number of rotatable bonds is 5. The normalized spacial score (nSPS) is 11.8. The van der Waals surface area contributed by atoms with Gasteiger partial charge in [-0.05, 0) is 6.07 Å². The van der Waals surface area contributed by atoms with Crippen molar-refractivity contribution in [2.24, 2.45) is 5.73 Å². The highest BCUT2D eigenvalue weighted by atomic mass is 32.1. The predicted molar refractivity (Wildman–Crippen MR) is 86.3 cm³/mol. The van der Waals surface area contributed by atoms with Crippen LogP contribution in [0.15, 0.2) is 42.0 Å². The predicted octanol–water partition coefficient (Wildman–Crippen LogP) is 3.63. The van der Waals surface area contributed by atoms with Crippen molar-refractivity contribution in [2.75, 3.05) is 0 Å². The quantitative estimate of drug-likeness (QED) is 0.775. The van der Waals surface area contributed by atoms with Crippen LogP contribution in [0.25, 0.3) is 11.3 Å². The zero-order chi connectivity index (χ0) is 16.4. The topological polar surface area (TPSA) is 56.7 Å². The van der Waals surface area contributed by atoms with Crippen LogP contribution in [-0.2, 0) is 19.0 Å². The first-order valence-corrected chi connectivity index (χ1v) is 7.98. The van der Waals surface area contributed by atoms with Gasteiger partial charge in [-0.2, -0.15) is 5.10 Å². The Morgan fingerprint density at radius 2 is 2.17 bits per heavy atom. The number of benzene rings is 1. The van der Waals surface area contributed by atoms with Crippen LogP contribution in [0.2, 0.25) is 0 Å². The fourth-order valence-corrected chi connectivity index (χ4v) is 3.00. The van der Waals surface area contributed by atoms with E-state index in [1.165, 1.54) is 23.5 Å². The van der Waals surface area contributed by atoms with Crippen LogP contribution in [0.1, 0.15) is 23.1 Å². The van der Waals surface area contributed by atoms with Gasteiger partial charge >= 0.3 is 0 Å². The summed E-state index contributed by atoms with van der Waals surface area (Å²) in [7, 11) is 0. The van der Waals surface area contributed by atoms with E-state index in [2.05, 4.69) is 10.1 Å². The Morgan fingerprint density at radius 3 is 2.87 bits per heavy atom. The van der Waals surface area contributed by atoms with Crippen molar-refractivity contribution in [3.8, 4) is 11.3 Å². The van der Waals surface area contributed by atoms with Gasteiger partial charge in [0.2, 0.25) is 0 Å². The third-order valence-electron chi connectivity index (χ3n) is 3.44. The Morgan fingerprint density at radius 1 is 1.35 bits per heavy atom. The molecule has 0 aliphatic rings. The molecule has 0 saturated heterocycles. The van der Waals surface area contributed by atoms with Gasteiger partial charge in [0.05, 0.1) is 18.4 Å². The van der Waals surface area contributed by atoms with E-state index < -0.39 is 5.92 Å². The van der Waals surface area contributed by atoms with Crippen molar-refractivity contribution in [1.82, 2.24) is 14.8 Å². The highest BCUT2D eigenvalue weighted by Gasteiger charge is 2.24. The molecule has 0 amide bonds. The molecular formula is C16H16F2N4S. The van der Waals surface area contributed by atoms with E-state index in [9.17, 15) is 8.78 Å². The summed E-state index contributed by atoms with van der Waals surface area (Å²) in [4.78, 5) is 4.52. The van der Waals surface area contributed by atoms with Crippen LogP contribution < -0.4 is 5.73 Å². The molecule has 0 unspecified atom stereocenters. The minimum Gasteiger partial charge on any atom is -0.326 e. The molecule has 0 aliphatic carbocycles. The highest BCUT2D eigenvalue weighted by Crippen LogP contribution is 2.31. The lowest BCUT2D eigenvalue weighted by Gasteiger charge is -2.11. The molecule has 120 valence electrons. The van der Waals surface area contributed by atoms with Crippen LogP contribution >= 0.6 is 11.3 Å². The van der Waals surface area contributed by atoms with E-state index in [1.807, 2.05) is 11.6 Å². The molecule has 0 atom stereocenters. The van der Waals surface area contributed by atoms with Gasteiger partial charge in [0, 0.05) is 41.7 Å². The summed E-state index contributed by atoms with van der Waals surface area (Å²) in [5.41, 5.74) is 7.89. The van der Waals surface area contributed by atoms with E-state index in [4.69, 9.17) is 5.73 Å². The van der Waals surface area contributed by atoms with Gasteiger partial charge in [0.1, 0.15) is 5.01 Å². The minimum absolute atomic E-state index is 0.00999. The average Bonchev–Trinajstić information content (AvgIpc) is 3.16. The molecule has 0 aliphatic heterocycles. The van der Waals surface area contributed by atoms with Crippen molar-refractivity contribution in [1.29, 1.82) is 0 Å². The Hall–Kier alpha value is -2.12. The van der Waals surface area contributed by atoms with E-state index in [-0.39, 0.29) is 5.56 Å². The summed E-state index contributed by atoms with van der Waals surface area (Å²) in [6.07, 6.45) is 3.60. The molecule has 0 bridgehead atoms. The highest BCUT2D eigenvalue weighted by molar-refractivity contribution is 7.09. The van der Waals surface area contributed by atoms with Gasteiger partial charge in [0.25, 0.3) is 5.92 Å². The Labute approximate surface area is 136 Å². The number of nitrogens with two attached hydrogens (primary N) is 1. The number of hydrogen-bond donors (Lipinski definition) is 1. The molecular weight excluding hydrogens is 318 g/mol. The third kappa shape index (κ3) is 3.62. The molecule has 0 radical (unpaired) electrons. The summed E-state index contributed by atoms with van der Waals surface area (Å²) in [6, 6.07) is 6.32. The summed E-state index contributed by atoms with van der Waals surface area (Å²) in [5.74, 6) is -2.86. The van der Waals surface area contributed by atoms with E-state index >= 15 is 0 Å². The molecule has 4 nitrogen and oxygen atoms in total. The molecule has 7 heteroatoms. The van der Waals surface area contributed by atoms with Crippen LogP contribution in [0, 0.1) is 0 Å². The molecule has 23 heavy (non-hydrogen) atoms. The zero-order valence-electron chi connectivity index (χ0n) is 12.5. The maximum absolute atomic E-state index is 13.4. The van der Waals surface area contributed by atoms with Crippen molar-refractivity contribution in [3.63, 3.8) is 0 Å². The molecule has 0 spiro atoms. The first-order chi connectivity index (χ1) is 11.0. The lowest BCUT2D eigenvalue weighted by molar-refractivity contribution is 0.0175. The zero-order valence-corrected chi connectivity index (χ0v) is 13.4. The lowest BCUT2D eigenvalue weighted by Crippen LogP contribution is -2.06. The van der Waals surface area contributed by atoms with Gasteiger partial charge in [0.15, 0.2) is 0 Å². The maximum Gasteiger partial charge on any atom is 0.270 e. The van der Waals surface area contributed by atoms with Gasteiger partial charge in [-0.1, -0.05) is 18.2 Å². The number of halogens is 2. The van der Waals surface area contributed by atoms with Gasteiger partial charge in [-0.3, -0.25) is 4.68 Å². The molecule has 0 saturated carbocycles. The second kappa shape index (κ2) is 6.17. The second-order valence-electron chi connectivity index (χ2n) is 5.35. The SMILES string of the molecule is CC(F)(F)c1cccc(-c2csc(Cn3cc(CN)cn3)n2)c1. The number of aromatic nitrogens is 3. The Balaban J connectivity index is 1.81. The number of alkyl halides is 2. The molecule has 3 aromatic rings. The van der Waals surface area contributed by atoms with Crippen molar-refractivity contribution >= 4 is 11.3 Å². The van der Waals surface area contributed by atoms with E-state index in [0.29, 0.717) is 24.3 Å². The molecule has 2 N–H and O–H groups in total. The number of thiazole rings is 1. The standard InChI is InChI=1S/C16H16F2N4S/c1-16(17,18)13-4-2-3-12(5-13)14-10-23-15(21-14)9-22-8-11(6-19)7-20-22/h2-5,7-8,10H,6,9,19H2,1H3. The Bertz CT molecular complexity index is 804. The fraction of sp³-hybridized carbons (Fsp3) is 0.250. The molecule has 3 rings (SSSR count). The Kier molecular flexibility index (Phi) is 4.23. The molecule has 2 heterocycles.